The lowest BCUT2D eigenvalue weighted by molar-refractivity contribution is 0.429. The number of aromatic amines is 1. The third-order valence-electron chi connectivity index (χ3n) is 6.58. The molecule has 2 aliphatic rings. The molecule has 0 bridgehead atoms. The Balaban J connectivity index is 1.43. The smallest absolute Gasteiger partial charge is 0.176 e. The molecular weight excluding hydrogens is 372 g/mol. The van der Waals surface area contributed by atoms with Crippen molar-refractivity contribution in [2.24, 2.45) is 0 Å². The van der Waals surface area contributed by atoms with Gasteiger partial charge in [-0.2, -0.15) is 14.7 Å². The van der Waals surface area contributed by atoms with E-state index in [2.05, 4.69) is 38.8 Å². The van der Waals surface area contributed by atoms with Gasteiger partial charge in [0.25, 0.3) is 0 Å². The number of benzene rings is 1. The van der Waals surface area contributed by atoms with Crippen molar-refractivity contribution in [1.29, 1.82) is 0 Å². The van der Waals surface area contributed by atoms with E-state index in [0.717, 1.165) is 35.3 Å². The fraction of sp³-hybridized carbons (Fsp3) is 0.381. The summed E-state index contributed by atoms with van der Waals surface area (Å²) in [5, 5.41) is 17.0. The molecule has 0 atom stereocenters. The van der Waals surface area contributed by atoms with Gasteiger partial charge in [-0.15, -0.1) is 0 Å². The van der Waals surface area contributed by atoms with Gasteiger partial charge in [0.1, 0.15) is 10.8 Å². The van der Waals surface area contributed by atoms with Crippen molar-refractivity contribution in [3.8, 4) is 0 Å². The highest BCUT2D eigenvalue weighted by molar-refractivity contribution is 6.33. The van der Waals surface area contributed by atoms with E-state index in [9.17, 15) is 0 Å². The van der Waals surface area contributed by atoms with Crippen LogP contribution >= 0.6 is 11.6 Å². The Bertz CT molecular complexity index is 1200. The molecule has 6 rings (SSSR count). The minimum absolute atomic E-state index is 0.247. The van der Waals surface area contributed by atoms with Crippen LogP contribution in [-0.4, -0.2) is 24.8 Å². The number of anilines is 1. The highest BCUT2D eigenvalue weighted by Gasteiger charge is 2.44. The SMILES string of the molecule is Clc1cnn2c(NCc3ccc4[nH]ncc4c3)c3c(nc12)C1(CCCC1)CC3. The molecule has 1 aromatic carbocycles. The minimum Gasteiger partial charge on any atom is -0.366 e. The molecule has 0 radical (unpaired) electrons. The lowest BCUT2D eigenvalue weighted by Gasteiger charge is -2.23. The summed E-state index contributed by atoms with van der Waals surface area (Å²) >= 11 is 6.43. The zero-order valence-electron chi connectivity index (χ0n) is 15.5. The second-order valence-corrected chi connectivity index (χ2v) is 8.56. The van der Waals surface area contributed by atoms with Gasteiger partial charge in [0.2, 0.25) is 0 Å². The average Bonchev–Trinajstić information content (AvgIpc) is 3.49. The molecule has 0 amide bonds. The Morgan fingerprint density at radius 2 is 2.07 bits per heavy atom. The number of hydrogen-bond acceptors (Lipinski definition) is 4. The molecule has 2 aliphatic carbocycles. The highest BCUT2D eigenvalue weighted by atomic mass is 35.5. The van der Waals surface area contributed by atoms with Gasteiger partial charge in [-0.3, -0.25) is 5.10 Å². The number of hydrogen-bond donors (Lipinski definition) is 2. The van der Waals surface area contributed by atoms with Crippen LogP contribution in [0.2, 0.25) is 5.02 Å². The van der Waals surface area contributed by atoms with Crippen LogP contribution in [0.15, 0.2) is 30.6 Å². The van der Waals surface area contributed by atoms with Crippen molar-refractivity contribution < 1.29 is 0 Å². The van der Waals surface area contributed by atoms with Crippen LogP contribution in [0.5, 0.6) is 0 Å². The molecule has 4 aromatic rings. The molecule has 7 heteroatoms. The van der Waals surface area contributed by atoms with Crippen LogP contribution in [0.1, 0.15) is 48.9 Å². The molecule has 28 heavy (non-hydrogen) atoms. The number of nitrogens with one attached hydrogen (secondary N) is 2. The van der Waals surface area contributed by atoms with Gasteiger partial charge in [-0.25, -0.2) is 4.98 Å². The maximum atomic E-state index is 6.43. The largest absolute Gasteiger partial charge is 0.366 e. The van der Waals surface area contributed by atoms with E-state index in [1.54, 1.807) is 6.20 Å². The lowest BCUT2D eigenvalue weighted by Crippen LogP contribution is -2.20. The van der Waals surface area contributed by atoms with E-state index in [0.29, 0.717) is 5.02 Å². The first kappa shape index (κ1) is 16.4. The predicted octanol–water partition coefficient (Wildman–Crippen LogP) is 4.63. The molecule has 142 valence electrons. The molecule has 1 spiro atoms. The molecule has 3 aromatic heterocycles. The third-order valence-corrected chi connectivity index (χ3v) is 6.85. The summed E-state index contributed by atoms with van der Waals surface area (Å²) in [7, 11) is 0. The molecule has 3 heterocycles. The molecule has 1 saturated carbocycles. The van der Waals surface area contributed by atoms with Crippen LogP contribution in [0, 0.1) is 0 Å². The summed E-state index contributed by atoms with van der Waals surface area (Å²) in [6.45, 7) is 0.719. The summed E-state index contributed by atoms with van der Waals surface area (Å²) in [5.41, 5.74) is 5.85. The van der Waals surface area contributed by atoms with E-state index in [1.807, 2.05) is 10.7 Å². The van der Waals surface area contributed by atoms with Gasteiger partial charge in [0, 0.05) is 22.9 Å². The van der Waals surface area contributed by atoms with Gasteiger partial charge in [-0.1, -0.05) is 30.5 Å². The van der Waals surface area contributed by atoms with Crippen molar-refractivity contribution in [1.82, 2.24) is 24.8 Å². The fourth-order valence-corrected chi connectivity index (χ4v) is 5.33. The zero-order chi connectivity index (χ0) is 18.7. The standard InChI is InChI=1S/C21H21ClN6/c22-16-12-25-28-19(23-10-13-3-4-17-14(9-13)11-24-27-17)15-5-8-21(6-1-2-7-21)18(15)26-20(16)28/h3-4,9,11-12,23H,1-2,5-8,10H2,(H,24,27). The molecule has 0 unspecified atom stereocenters. The number of aromatic nitrogens is 5. The summed E-state index contributed by atoms with van der Waals surface area (Å²) in [4.78, 5) is 5.02. The molecule has 1 fully saturated rings. The van der Waals surface area contributed by atoms with E-state index in [4.69, 9.17) is 16.6 Å². The van der Waals surface area contributed by atoms with Crippen molar-refractivity contribution in [2.75, 3.05) is 5.32 Å². The molecule has 6 nitrogen and oxygen atoms in total. The van der Waals surface area contributed by atoms with Crippen molar-refractivity contribution in [2.45, 2.75) is 50.5 Å². The quantitative estimate of drug-likeness (QED) is 0.533. The number of rotatable bonds is 3. The second kappa shape index (κ2) is 5.95. The van der Waals surface area contributed by atoms with Gasteiger partial charge in [0.15, 0.2) is 5.65 Å². The van der Waals surface area contributed by atoms with Gasteiger partial charge in [-0.05, 0) is 43.4 Å². The Morgan fingerprint density at radius 3 is 2.96 bits per heavy atom. The topological polar surface area (TPSA) is 70.9 Å². The lowest BCUT2D eigenvalue weighted by atomic mass is 9.83. The predicted molar refractivity (Wildman–Crippen MR) is 110 cm³/mol. The summed E-state index contributed by atoms with van der Waals surface area (Å²) < 4.78 is 1.88. The number of halogens is 1. The first-order chi connectivity index (χ1) is 13.7. The first-order valence-corrected chi connectivity index (χ1v) is 10.3. The average molecular weight is 393 g/mol. The van der Waals surface area contributed by atoms with Gasteiger partial charge < -0.3 is 5.32 Å². The first-order valence-electron chi connectivity index (χ1n) is 9.96. The Morgan fingerprint density at radius 1 is 1.18 bits per heavy atom. The van der Waals surface area contributed by atoms with E-state index < -0.39 is 0 Å². The fourth-order valence-electron chi connectivity index (χ4n) is 5.17. The zero-order valence-corrected chi connectivity index (χ0v) is 16.3. The minimum atomic E-state index is 0.247. The number of fused-ring (bicyclic) bond motifs is 4. The van der Waals surface area contributed by atoms with Crippen LogP contribution in [0.4, 0.5) is 5.82 Å². The van der Waals surface area contributed by atoms with E-state index in [-0.39, 0.29) is 5.41 Å². The maximum Gasteiger partial charge on any atom is 0.176 e. The van der Waals surface area contributed by atoms with Gasteiger partial charge >= 0.3 is 0 Å². The Hall–Kier alpha value is -2.60. The van der Waals surface area contributed by atoms with Crippen molar-refractivity contribution in [3.63, 3.8) is 0 Å². The normalized spacial score (nSPS) is 17.8. The molecule has 2 N–H and O–H groups in total. The van der Waals surface area contributed by atoms with Crippen molar-refractivity contribution >= 4 is 34.0 Å². The summed E-state index contributed by atoms with van der Waals surface area (Å²) in [6, 6.07) is 6.36. The third kappa shape index (κ3) is 2.30. The van der Waals surface area contributed by atoms with Gasteiger partial charge in [0.05, 0.1) is 23.6 Å². The number of H-pyrrole nitrogens is 1. The van der Waals surface area contributed by atoms with Crippen LogP contribution in [0.3, 0.4) is 0 Å². The molecular formula is C21H21ClN6. The van der Waals surface area contributed by atoms with Crippen LogP contribution in [-0.2, 0) is 18.4 Å². The summed E-state index contributed by atoms with van der Waals surface area (Å²) in [6.07, 6.45) is 10.9. The maximum absolute atomic E-state index is 6.43. The second-order valence-electron chi connectivity index (χ2n) is 8.15. The van der Waals surface area contributed by atoms with E-state index in [1.165, 1.54) is 48.9 Å². The Kier molecular flexibility index (Phi) is 3.48. The van der Waals surface area contributed by atoms with E-state index >= 15 is 0 Å². The van der Waals surface area contributed by atoms with Crippen LogP contribution < -0.4 is 5.32 Å². The monoisotopic (exact) mass is 392 g/mol. The summed E-state index contributed by atoms with van der Waals surface area (Å²) in [5.74, 6) is 1.04. The molecule has 0 saturated heterocycles. The van der Waals surface area contributed by atoms with Crippen LogP contribution in [0.25, 0.3) is 16.6 Å². The Labute approximate surface area is 167 Å². The highest BCUT2D eigenvalue weighted by Crippen LogP contribution is 2.51. The number of nitrogens with zero attached hydrogens (tertiary/aromatic N) is 4. The van der Waals surface area contributed by atoms with Crippen molar-refractivity contribution in [3.05, 3.63) is 52.4 Å². The molecule has 0 aliphatic heterocycles.